The van der Waals surface area contributed by atoms with Crippen LogP contribution >= 0.6 is 11.8 Å². The van der Waals surface area contributed by atoms with Crippen molar-refractivity contribution in [1.29, 1.82) is 0 Å². The highest BCUT2D eigenvalue weighted by atomic mass is 32.2. The number of hydrogen-bond acceptors (Lipinski definition) is 6. The van der Waals surface area contributed by atoms with Crippen LogP contribution in [0.5, 0.6) is 0 Å². The highest BCUT2D eigenvalue weighted by molar-refractivity contribution is 8.00. The van der Waals surface area contributed by atoms with Crippen molar-refractivity contribution < 1.29 is 18.7 Å². The maximum Gasteiger partial charge on any atom is 0.316 e. The predicted octanol–water partition coefficient (Wildman–Crippen LogP) is 3.95. The zero-order valence-electron chi connectivity index (χ0n) is 16.3. The summed E-state index contributed by atoms with van der Waals surface area (Å²) in [6.07, 6.45) is 2.02. The minimum Gasteiger partial charge on any atom is -0.467 e. The first-order chi connectivity index (χ1) is 13.4. The number of nitrogens with zero attached hydrogens (tertiary/aromatic N) is 2. The van der Waals surface area contributed by atoms with E-state index >= 15 is 0 Å². The maximum absolute atomic E-state index is 12.8. The fourth-order valence-electron chi connectivity index (χ4n) is 2.95. The van der Waals surface area contributed by atoms with E-state index in [2.05, 4.69) is 5.10 Å². The van der Waals surface area contributed by atoms with Gasteiger partial charge in [0.1, 0.15) is 11.8 Å². The van der Waals surface area contributed by atoms with Crippen LogP contribution in [0.2, 0.25) is 0 Å². The third-order valence-electron chi connectivity index (χ3n) is 4.23. The number of ether oxygens (including phenoxy) is 1. The van der Waals surface area contributed by atoms with Crippen LogP contribution in [0.1, 0.15) is 43.2 Å². The van der Waals surface area contributed by atoms with E-state index < -0.39 is 0 Å². The maximum atomic E-state index is 12.8. The van der Waals surface area contributed by atoms with Gasteiger partial charge in [0.25, 0.3) is 5.91 Å². The molecule has 1 aromatic carbocycles. The molecule has 0 fully saturated rings. The molecule has 1 aliphatic rings. The number of aryl methyl sites for hydroxylation is 1. The van der Waals surface area contributed by atoms with E-state index in [9.17, 15) is 9.59 Å². The SMILES string of the molecule is Cc1ccc(C2=NN(C(=O)CSCC(=O)OC(C)C)C(c3ccco3)C2)cc1. The summed E-state index contributed by atoms with van der Waals surface area (Å²) in [4.78, 5) is 24.5. The lowest BCUT2D eigenvalue weighted by atomic mass is 10.0. The molecule has 148 valence electrons. The Bertz CT molecular complexity index is 844. The molecule has 0 N–H and O–H groups in total. The van der Waals surface area contributed by atoms with Crippen LogP contribution in [0.4, 0.5) is 0 Å². The van der Waals surface area contributed by atoms with Crippen LogP contribution in [0.3, 0.4) is 0 Å². The Morgan fingerprint density at radius 3 is 2.64 bits per heavy atom. The third-order valence-corrected chi connectivity index (χ3v) is 5.13. The van der Waals surface area contributed by atoms with Gasteiger partial charge in [0.2, 0.25) is 0 Å². The molecule has 1 atom stereocenters. The molecular weight excluding hydrogens is 376 g/mol. The number of hydrazone groups is 1. The number of amides is 1. The molecule has 0 saturated carbocycles. The second kappa shape index (κ2) is 9.10. The molecule has 1 amide bonds. The van der Waals surface area contributed by atoms with E-state index in [1.54, 1.807) is 26.2 Å². The van der Waals surface area contributed by atoms with Gasteiger partial charge in [-0.15, -0.1) is 11.8 Å². The van der Waals surface area contributed by atoms with Crippen LogP contribution in [-0.4, -0.2) is 40.2 Å². The quantitative estimate of drug-likeness (QED) is 0.658. The normalized spacial score (nSPS) is 16.4. The first kappa shape index (κ1) is 20.2. The molecule has 28 heavy (non-hydrogen) atoms. The summed E-state index contributed by atoms with van der Waals surface area (Å²) >= 11 is 1.23. The second-order valence-corrected chi connectivity index (χ2v) is 7.90. The molecule has 7 heteroatoms. The monoisotopic (exact) mass is 400 g/mol. The predicted molar refractivity (Wildman–Crippen MR) is 109 cm³/mol. The molecule has 0 spiro atoms. The van der Waals surface area contributed by atoms with E-state index in [0.29, 0.717) is 12.2 Å². The fourth-order valence-corrected chi connectivity index (χ4v) is 3.59. The van der Waals surface area contributed by atoms with Crippen LogP contribution in [0, 0.1) is 6.92 Å². The topological polar surface area (TPSA) is 72.1 Å². The van der Waals surface area contributed by atoms with Gasteiger partial charge in [0, 0.05) is 6.42 Å². The molecule has 1 unspecified atom stereocenters. The number of hydrogen-bond donors (Lipinski definition) is 0. The molecule has 1 aromatic heterocycles. The fraction of sp³-hybridized carbons (Fsp3) is 0.381. The van der Waals surface area contributed by atoms with Crippen molar-refractivity contribution in [3.63, 3.8) is 0 Å². The molecule has 3 rings (SSSR count). The molecule has 0 radical (unpaired) electrons. The van der Waals surface area contributed by atoms with Crippen molar-refractivity contribution in [3.05, 3.63) is 59.5 Å². The number of thioether (sulfide) groups is 1. The van der Waals surface area contributed by atoms with Crippen molar-refractivity contribution in [1.82, 2.24) is 5.01 Å². The lowest BCUT2D eigenvalue weighted by Gasteiger charge is -2.19. The smallest absolute Gasteiger partial charge is 0.316 e. The van der Waals surface area contributed by atoms with Crippen LogP contribution in [0.25, 0.3) is 0 Å². The van der Waals surface area contributed by atoms with Gasteiger partial charge in [-0.05, 0) is 38.5 Å². The molecule has 1 aliphatic heterocycles. The Morgan fingerprint density at radius 2 is 2.00 bits per heavy atom. The molecule has 0 bridgehead atoms. The largest absolute Gasteiger partial charge is 0.467 e. The molecule has 6 nitrogen and oxygen atoms in total. The van der Waals surface area contributed by atoms with E-state index in [1.165, 1.54) is 22.3 Å². The van der Waals surface area contributed by atoms with E-state index in [0.717, 1.165) is 11.3 Å². The zero-order chi connectivity index (χ0) is 20.1. The molecule has 2 aromatic rings. The lowest BCUT2D eigenvalue weighted by Crippen LogP contribution is -2.28. The Hall–Kier alpha value is -2.54. The van der Waals surface area contributed by atoms with Crippen LogP contribution < -0.4 is 0 Å². The summed E-state index contributed by atoms with van der Waals surface area (Å²) in [5, 5.41) is 6.06. The summed E-state index contributed by atoms with van der Waals surface area (Å²) in [5.41, 5.74) is 3.01. The van der Waals surface area contributed by atoms with Gasteiger partial charge in [-0.1, -0.05) is 29.8 Å². The number of furan rings is 1. The average Bonchev–Trinajstić information content (AvgIpc) is 3.31. The van der Waals surface area contributed by atoms with Gasteiger partial charge >= 0.3 is 5.97 Å². The Morgan fingerprint density at radius 1 is 1.25 bits per heavy atom. The summed E-state index contributed by atoms with van der Waals surface area (Å²) in [6, 6.07) is 11.5. The standard InChI is InChI=1S/C21H24N2O4S/c1-14(2)27-21(25)13-28-12-20(24)23-18(19-5-4-10-26-19)11-17(22-23)16-8-6-15(3)7-9-16/h4-10,14,18H,11-13H2,1-3H3. The highest BCUT2D eigenvalue weighted by Gasteiger charge is 2.34. The van der Waals surface area contributed by atoms with E-state index in [1.807, 2.05) is 37.3 Å². The van der Waals surface area contributed by atoms with Crippen LogP contribution in [-0.2, 0) is 14.3 Å². The highest BCUT2D eigenvalue weighted by Crippen LogP contribution is 2.33. The van der Waals surface area contributed by atoms with Gasteiger partial charge in [-0.25, -0.2) is 5.01 Å². The Labute approximate surface area is 168 Å². The molecule has 2 heterocycles. The second-order valence-electron chi connectivity index (χ2n) is 6.92. The minimum atomic E-state index is -0.319. The van der Waals surface area contributed by atoms with Gasteiger partial charge < -0.3 is 9.15 Å². The summed E-state index contributed by atoms with van der Waals surface area (Å²) < 4.78 is 10.6. The van der Waals surface area contributed by atoms with Gasteiger partial charge in [0.05, 0.1) is 29.6 Å². The summed E-state index contributed by atoms with van der Waals surface area (Å²) in [5.74, 6) is 0.502. The molecule has 0 aliphatic carbocycles. The molecular formula is C21H24N2O4S. The summed E-state index contributed by atoms with van der Waals surface area (Å²) in [6.45, 7) is 5.63. The lowest BCUT2D eigenvalue weighted by molar-refractivity contribution is -0.144. The van der Waals surface area contributed by atoms with Crippen molar-refractivity contribution >= 4 is 29.4 Å². The number of carbonyl (C=O) groups excluding carboxylic acids is 2. The number of rotatable bonds is 7. The average molecular weight is 401 g/mol. The first-order valence-corrected chi connectivity index (χ1v) is 10.4. The van der Waals surface area contributed by atoms with Gasteiger partial charge in [-0.2, -0.15) is 5.10 Å². The number of esters is 1. The Balaban J connectivity index is 1.70. The van der Waals surface area contributed by atoms with Crippen molar-refractivity contribution in [2.45, 2.75) is 39.3 Å². The zero-order valence-corrected chi connectivity index (χ0v) is 17.1. The number of benzene rings is 1. The Kier molecular flexibility index (Phi) is 6.57. The third kappa shape index (κ3) is 5.04. The van der Waals surface area contributed by atoms with E-state index in [4.69, 9.17) is 9.15 Å². The van der Waals surface area contributed by atoms with Gasteiger partial charge in [0.15, 0.2) is 0 Å². The summed E-state index contributed by atoms with van der Waals surface area (Å²) in [7, 11) is 0. The van der Waals surface area contributed by atoms with Crippen molar-refractivity contribution in [2.75, 3.05) is 11.5 Å². The molecule has 0 saturated heterocycles. The first-order valence-electron chi connectivity index (χ1n) is 9.21. The minimum absolute atomic E-state index is 0.137. The van der Waals surface area contributed by atoms with Crippen molar-refractivity contribution in [2.24, 2.45) is 5.10 Å². The van der Waals surface area contributed by atoms with Crippen molar-refractivity contribution in [3.8, 4) is 0 Å². The van der Waals surface area contributed by atoms with Gasteiger partial charge in [-0.3, -0.25) is 9.59 Å². The van der Waals surface area contributed by atoms with E-state index in [-0.39, 0.29) is 35.5 Å². The number of carbonyl (C=O) groups is 2. The van der Waals surface area contributed by atoms with Crippen LogP contribution in [0.15, 0.2) is 52.2 Å².